The van der Waals surface area contributed by atoms with Crippen molar-refractivity contribution in [2.75, 3.05) is 25.5 Å². The third-order valence-corrected chi connectivity index (χ3v) is 6.17. The van der Waals surface area contributed by atoms with E-state index in [0.717, 1.165) is 25.7 Å². The Balaban J connectivity index is 1.85. The van der Waals surface area contributed by atoms with Crippen LogP contribution in [0.25, 0.3) is 0 Å². The molecule has 0 aromatic heterocycles. The van der Waals surface area contributed by atoms with Crippen molar-refractivity contribution in [3.63, 3.8) is 0 Å². The van der Waals surface area contributed by atoms with Crippen molar-refractivity contribution < 1.29 is 8.42 Å². The first kappa shape index (κ1) is 14.6. The summed E-state index contributed by atoms with van der Waals surface area (Å²) < 4.78 is 28.4. The fraction of sp³-hybridized carbons (Fsp3) is 1.00. The first-order valence-corrected chi connectivity index (χ1v) is 8.91. The molecule has 2 unspecified atom stereocenters. The Labute approximate surface area is 115 Å². The molecule has 0 bridgehead atoms. The molecule has 1 saturated heterocycles. The van der Waals surface area contributed by atoms with Crippen molar-refractivity contribution in [2.45, 2.75) is 38.5 Å². The van der Waals surface area contributed by atoms with E-state index in [4.69, 9.17) is 11.6 Å². The van der Waals surface area contributed by atoms with Gasteiger partial charge in [-0.15, -0.1) is 11.6 Å². The molecule has 0 spiro atoms. The van der Waals surface area contributed by atoms with E-state index >= 15 is 0 Å². The van der Waals surface area contributed by atoms with E-state index in [0.29, 0.717) is 37.4 Å². The van der Waals surface area contributed by atoms with Crippen molar-refractivity contribution in [1.29, 1.82) is 0 Å². The van der Waals surface area contributed by atoms with Gasteiger partial charge in [-0.2, -0.15) is 12.7 Å². The second kappa shape index (κ2) is 6.55. The summed E-state index contributed by atoms with van der Waals surface area (Å²) in [6, 6.07) is 0. The van der Waals surface area contributed by atoms with Gasteiger partial charge in [0.25, 0.3) is 10.2 Å². The van der Waals surface area contributed by atoms with Crippen LogP contribution in [0.2, 0.25) is 0 Å². The summed E-state index contributed by atoms with van der Waals surface area (Å²) >= 11 is 5.96. The topological polar surface area (TPSA) is 49.4 Å². The standard InChI is InChI=1S/C12H23ClN2O2S/c13-9-11-5-1-2-6-12(11)10-14-18(16,17)15-7-3-4-8-15/h11-12,14H,1-10H2. The summed E-state index contributed by atoms with van der Waals surface area (Å²) in [5, 5.41) is 0. The van der Waals surface area contributed by atoms with Gasteiger partial charge in [0.05, 0.1) is 0 Å². The third-order valence-electron chi connectivity index (χ3n) is 4.20. The van der Waals surface area contributed by atoms with E-state index < -0.39 is 10.2 Å². The number of halogens is 1. The lowest BCUT2D eigenvalue weighted by molar-refractivity contribution is 0.259. The highest BCUT2D eigenvalue weighted by Gasteiger charge is 2.29. The monoisotopic (exact) mass is 294 g/mol. The number of hydrogen-bond donors (Lipinski definition) is 1. The van der Waals surface area contributed by atoms with Gasteiger partial charge in [-0.25, -0.2) is 4.72 Å². The molecular formula is C12H23ClN2O2S. The van der Waals surface area contributed by atoms with Crippen LogP contribution in [0.1, 0.15) is 38.5 Å². The van der Waals surface area contributed by atoms with Gasteiger partial charge in [-0.1, -0.05) is 12.8 Å². The Kier molecular flexibility index (Phi) is 5.30. The molecule has 1 saturated carbocycles. The maximum absolute atomic E-state index is 12.1. The lowest BCUT2D eigenvalue weighted by Gasteiger charge is -2.30. The molecule has 1 heterocycles. The fourth-order valence-electron chi connectivity index (χ4n) is 2.99. The largest absolute Gasteiger partial charge is 0.279 e. The van der Waals surface area contributed by atoms with E-state index in [9.17, 15) is 8.42 Å². The zero-order valence-corrected chi connectivity index (χ0v) is 12.3. The molecule has 18 heavy (non-hydrogen) atoms. The maximum Gasteiger partial charge on any atom is 0.279 e. The van der Waals surface area contributed by atoms with Crippen LogP contribution in [-0.4, -0.2) is 38.2 Å². The van der Waals surface area contributed by atoms with Gasteiger partial charge >= 0.3 is 0 Å². The van der Waals surface area contributed by atoms with Gasteiger partial charge < -0.3 is 0 Å². The first-order valence-electron chi connectivity index (χ1n) is 6.94. The van der Waals surface area contributed by atoms with Crippen molar-refractivity contribution in [3.05, 3.63) is 0 Å². The Morgan fingerprint density at radius 2 is 1.67 bits per heavy atom. The summed E-state index contributed by atoms with van der Waals surface area (Å²) in [5.41, 5.74) is 0. The van der Waals surface area contributed by atoms with Crippen LogP contribution in [0.4, 0.5) is 0 Å². The minimum absolute atomic E-state index is 0.411. The predicted molar refractivity (Wildman–Crippen MR) is 73.9 cm³/mol. The van der Waals surface area contributed by atoms with Crippen LogP contribution in [0.15, 0.2) is 0 Å². The van der Waals surface area contributed by atoms with Gasteiger partial charge in [-0.05, 0) is 37.5 Å². The van der Waals surface area contributed by atoms with Crippen molar-refractivity contribution >= 4 is 21.8 Å². The molecule has 106 valence electrons. The highest BCUT2D eigenvalue weighted by molar-refractivity contribution is 7.87. The molecular weight excluding hydrogens is 272 g/mol. The Hall–Kier alpha value is 0.160. The normalized spacial score (nSPS) is 30.7. The zero-order chi connectivity index (χ0) is 13.0. The second-order valence-corrected chi connectivity index (χ2v) is 7.48. The van der Waals surface area contributed by atoms with Crippen LogP contribution < -0.4 is 4.72 Å². The van der Waals surface area contributed by atoms with Crippen LogP contribution >= 0.6 is 11.6 Å². The molecule has 4 nitrogen and oxygen atoms in total. The Bertz CT molecular complexity index is 355. The maximum atomic E-state index is 12.1. The van der Waals surface area contributed by atoms with Crippen LogP contribution in [0, 0.1) is 11.8 Å². The zero-order valence-electron chi connectivity index (χ0n) is 10.8. The summed E-state index contributed by atoms with van der Waals surface area (Å²) in [4.78, 5) is 0. The molecule has 2 fully saturated rings. The van der Waals surface area contributed by atoms with Gasteiger partial charge in [0.1, 0.15) is 0 Å². The number of nitrogens with zero attached hydrogens (tertiary/aromatic N) is 1. The summed E-state index contributed by atoms with van der Waals surface area (Å²) in [5.74, 6) is 1.53. The smallest absolute Gasteiger partial charge is 0.202 e. The van der Waals surface area contributed by atoms with Crippen LogP contribution in [-0.2, 0) is 10.2 Å². The van der Waals surface area contributed by atoms with Gasteiger partial charge in [-0.3, -0.25) is 0 Å². The average molecular weight is 295 g/mol. The number of hydrogen-bond acceptors (Lipinski definition) is 2. The summed E-state index contributed by atoms with van der Waals surface area (Å²) in [7, 11) is -3.25. The first-order chi connectivity index (χ1) is 8.63. The molecule has 1 N–H and O–H groups in total. The Morgan fingerprint density at radius 1 is 1.06 bits per heavy atom. The molecule has 1 aliphatic carbocycles. The van der Waals surface area contributed by atoms with E-state index in [2.05, 4.69) is 4.72 Å². The quantitative estimate of drug-likeness (QED) is 0.788. The molecule has 2 aliphatic rings. The minimum Gasteiger partial charge on any atom is -0.202 e. The molecule has 0 aromatic carbocycles. The molecule has 0 radical (unpaired) electrons. The fourth-order valence-corrected chi connectivity index (χ4v) is 4.74. The number of rotatable bonds is 5. The highest BCUT2D eigenvalue weighted by Crippen LogP contribution is 2.30. The van der Waals surface area contributed by atoms with Gasteiger partial charge in [0.15, 0.2) is 0 Å². The van der Waals surface area contributed by atoms with Crippen LogP contribution in [0.3, 0.4) is 0 Å². The summed E-state index contributed by atoms with van der Waals surface area (Å²) in [6.45, 7) is 1.88. The average Bonchev–Trinajstić information content (AvgIpc) is 2.91. The SMILES string of the molecule is O=S(=O)(NCC1CCCCC1CCl)N1CCCC1. The molecule has 2 rings (SSSR count). The highest BCUT2D eigenvalue weighted by atomic mass is 35.5. The van der Waals surface area contributed by atoms with E-state index in [1.807, 2.05) is 0 Å². The lowest BCUT2D eigenvalue weighted by atomic mass is 9.80. The molecule has 0 amide bonds. The molecule has 1 aliphatic heterocycles. The molecule has 2 atom stereocenters. The predicted octanol–water partition coefficient (Wildman–Crippen LogP) is 1.96. The van der Waals surface area contributed by atoms with Crippen molar-refractivity contribution in [3.8, 4) is 0 Å². The Morgan fingerprint density at radius 3 is 2.28 bits per heavy atom. The minimum atomic E-state index is -3.25. The number of nitrogens with one attached hydrogen (secondary N) is 1. The van der Waals surface area contributed by atoms with E-state index in [-0.39, 0.29) is 0 Å². The third kappa shape index (κ3) is 3.59. The molecule has 0 aromatic rings. The van der Waals surface area contributed by atoms with Gasteiger partial charge in [0, 0.05) is 25.5 Å². The summed E-state index contributed by atoms with van der Waals surface area (Å²) in [6.07, 6.45) is 6.62. The molecule has 6 heteroatoms. The van der Waals surface area contributed by atoms with Crippen LogP contribution in [0.5, 0.6) is 0 Å². The van der Waals surface area contributed by atoms with Gasteiger partial charge in [0.2, 0.25) is 0 Å². The number of alkyl halides is 1. The van der Waals surface area contributed by atoms with E-state index in [1.165, 1.54) is 12.8 Å². The lowest BCUT2D eigenvalue weighted by Crippen LogP contribution is -2.42. The second-order valence-electron chi connectivity index (χ2n) is 5.42. The van der Waals surface area contributed by atoms with Crippen molar-refractivity contribution in [2.24, 2.45) is 11.8 Å². The van der Waals surface area contributed by atoms with E-state index in [1.54, 1.807) is 4.31 Å². The van der Waals surface area contributed by atoms with Crippen molar-refractivity contribution in [1.82, 2.24) is 9.03 Å².